The van der Waals surface area contributed by atoms with Crippen LogP contribution in [0.4, 0.5) is 0 Å². The van der Waals surface area contributed by atoms with Gasteiger partial charge in [0.15, 0.2) is 0 Å². The number of aryl methyl sites for hydroxylation is 1. The van der Waals surface area contributed by atoms with Gasteiger partial charge in [-0.15, -0.1) is 0 Å². The van der Waals surface area contributed by atoms with Gasteiger partial charge in [-0.1, -0.05) is 36.4 Å². The van der Waals surface area contributed by atoms with Crippen molar-refractivity contribution < 1.29 is 14.2 Å². The average molecular weight is 274 g/mol. The molecule has 0 aliphatic rings. The molecule has 20 heavy (non-hydrogen) atoms. The molecule has 0 aromatic heterocycles. The predicted molar refractivity (Wildman–Crippen MR) is 82.0 cm³/mol. The minimum atomic E-state index is 0.547. The van der Waals surface area contributed by atoms with Crippen LogP contribution in [0.25, 0.3) is 5.57 Å². The standard InChI is InChI=1S/C17H22O3/c1-12-7-9-15(10-8-12)17(14(3)19-5)16(20-6)11-13(2)18-4/h7-11H,3H2,1-2,4-6H3/b13-11+,17-16-. The number of rotatable bonds is 6. The Labute approximate surface area is 121 Å². The lowest BCUT2D eigenvalue weighted by atomic mass is 10.0. The third-order valence-electron chi connectivity index (χ3n) is 2.99. The molecule has 1 aromatic rings. The zero-order valence-corrected chi connectivity index (χ0v) is 12.8. The first-order valence-corrected chi connectivity index (χ1v) is 6.34. The highest BCUT2D eigenvalue weighted by molar-refractivity contribution is 5.79. The zero-order valence-electron chi connectivity index (χ0n) is 12.8. The van der Waals surface area contributed by atoms with Crippen LogP contribution in [0.2, 0.25) is 0 Å². The van der Waals surface area contributed by atoms with Crippen molar-refractivity contribution in [1.29, 1.82) is 0 Å². The molecule has 0 bridgehead atoms. The van der Waals surface area contributed by atoms with Gasteiger partial charge in [0.2, 0.25) is 0 Å². The van der Waals surface area contributed by atoms with Gasteiger partial charge in [0.05, 0.1) is 32.7 Å². The summed E-state index contributed by atoms with van der Waals surface area (Å²) in [6.45, 7) is 7.85. The quantitative estimate of drug-likeness (QED) is 0.578. The molecule has 0 radical (unpaired) electrons. The lowest BCUT2D eigenvalue weighted by molar-refractivity contribution is 0.274. The molecule has 0 fully saturated rings. The van der Waals surface area contributed by atoms with E-state index in [2.05, 4.69) is 6.58 Å². The lowest BCUT2D eigenvalue weighted by Gasteiger charge is -2.15. The van der Waals surface area contributed by atoms with Crippen LogP contribution in [0.1, 0.15) is 18.1 Å². The molecule has 0 amide bonds. The molecule has 0 N–H and O–H groups in total. The average Bonchev–Trinajstić information content (AvgIpc) is 2.47. The van der Waals surface area contributed by atoms with Crippen LogP contribution in [0.3, 0.4) is 0 Å². The highest BCUT2D eigenvalue weighted by Crippen LogP contribution is 2.28. The van der Waals surface area contributed by atoms with Crippen LogP contribution in [0, 0.1) is 6.92 Å². The summed E-state index contributed by atoms with van der Waals surface area (Å²) in [7, 11) is 4.83. The highest BCUT2D eigenvalue weighted by atomic mass is 16.5. The Morgan fingerprint density at radius 2 is 1.60 bits per heavy atom. The van der Waals surface area contributed by atoms with Gasteiger partial charge in [0.25, 0.3) is 0 Å². The van der Waals surface area contributed by atoms with Gasteiger partial charge in [-0.2, -0.15) is 0 Å². The fraction of sp³-hybridized carbons (Fsp3) is 0.294. The van der Waals surface area contributed by atoms with E-state index in [-0.39, 0.29) is 0 Å². The van der Waals surface area contributed by atoms with Gasteiger partial charge in [0.1, 0.15) is 11.5 Å². The third-order valence-corrected chi connectivity index (χ3v) is 2.99. The van der Waals surface area contributed by atoms with Crippen molar-refractivity contribution in [2.75, 3.05) is 21.3 Å². The number of hydrogen-bond acceptors (Lipinski definition) is 3. The van der Waals surface area contributed by atoms with Crippen molar-refractivity contribution in [3.05, 3.63) is 65.3 Å². The molecule has 0 saturated heterocycles. The summed E-state index contributed by atoms with van der Waals surface area (Å²) < 4.78 is 15.9. The van der Waals surface area contributed by atoms with Crippen LogP contribution in [-0.2, 0) is 14.2 Å². The summed E-state index contributed by atoms with van der Waals surface area (Å²) in [5.41, 5.74) is 2.99. The summed E-state index contributed by atoms with van der Waals surface area (Å²) in [5, 5.41) is 0. The largest absolute Gasteiger partial charge is 0.501 e. The molecule has 0 aliphatic heterocycles. The third kappa shape index (κ3) is 3.92. The van der Waals surface area contributed by atoms with E-state index in [1.165, 1.54) is 5.56 Å². The van der Waals surface area contributed by atoms with Crippen LogP contribution in [0.5, 0.6) is 0 Å². The maximum absolute atomic E-state index is 5.47. The fourth-order valence-corrected chi connectivity index (χ4v) is 1.74. The smallest absolute Gasteiger partial charge is 0.133 e. The molecule has 108 valence electrons. The van der Waals surface area contributed by atoms with E-state index in [4.69, 9.17) is 14.2 Å². The van der Waals surface area contributed by atoms with Gasteiger partial charge >= 0.3 is 0 Å². The number of benzene rings is 1. The normalized spacial score (nSPS) is 12.6. The fourth-order valence-electron chi connectivity index (χ4n) is 1.74. The monoisotopic (exact) mass is 274 g/mol. The number of methoxy groups -OCH3 is 3. The van der Waals surface area contributed by atoms with Gasteiger partial charge in [-0.05, 0) is 19.4 Å². The summed E-state index contributed by atoms with van der Waals surface area (Å²) in [6.07, 6.45) is 1.82. The van der Waals surface area contributed by atoms with E-state index >= 15 is 0 Å². The van der Waals surface area contributed by atoms with Crippen molar-refractivity contribution in [3.8, 4) is 0 Å². The van der Waals surface area contributed by atoms with Crippen molar-refractivity contribution in [1.82, 2.24) is 0 Å². The van der Waals surface area contributed by atoms with Gasteiger partial charge in [-0.3, -0.25) is 0 Å². The molecule has 1 rings (SSSR count). The van der Waals surface area contributed by atoms with E-state index in [1.807, 2.05) is 44.2 Å². The maximum Gasteiger partial charge on any atom is 0.133 e. The Morgan fingerprint density at radius 3 is 2.05 bits per heavy atom. The van der Waals surface area contributed by atoms with E-state index < -0.39 is 0 Å². The second-order valence-corrected chi connectivity index (χ2v) is 4.40. The van der Waals surface area contributed by atoms with Crippen molar-refractivity contribution in [2.24, 2.45) is 0 Å². The van der Waals surface area contributed by atoms with Crippen molar-refractivity contribution >= 4 is 5.57 Å². The van der Waals surface area contributed by atoms with Crippen LogP contribution in [0.15, 0.2) is 54.2 Å². The molecule has 0 saturated carbocycles. The van der Waals surface area contributed by atoms with Crippen molar-refractivity contribution in [3.63, 3.8) is 0 Å². The molecule has 3 heteroatoms. The number of hydrogen-bond donors (Lipinski definition) is 0. The number of ether oxygens (including phenoxy) is 3. The first-order chi connectivity index (χ1) is 9.53. The molecule has 3 nitrogen and oxygen atoms in total. The maximum atomic E-state index is 5.47. The molecule has 0 spiro atoms. The first kappa shape index (κ1) is 15.9. The minimum Gasteiger partial charge on any atom is -0.501 e. The lowest BCUT2D eigenvalue weighted by Crippen LogP contribution is -1.99. The first-order valence-electron chi connectivity index (χ1n) is 6.34. The summed E-state index contributed by atoms with van der Waals surface area (Å²) in [6, 6.07) is 8.12. The Morgan fingerprint density at radius 1 is 1.00 bits per heavy atom. The molecule has 0 heterocycles. The SMILES string of the molecule is C=C(OC)/C(=C(\C=C(/C)OC)OC)c1ccc(C)cc1. The molecule has 0 atom stereocenters. The minimum absolute atomic E-state index is 0.547. The van der Waals surface area contributed by atoms with E-state index in [0.717, 1.165) is 16.9 Å². The highest BCUT2D eigenvalue weighted by Gasteiger charge is 2.13. The van der Waals surface area contributed by atoms with Crippen LogP contribution < -0.4 is 0 Å². The Balaban J connectivity index is 3.43. The van der Waals surface area contributed by atoms with E-state index in [0.29, 0.717) is 11.5 Å². The summed E-state index contributed by atoms with van der Waals surface area (Å²) in [4.78, 5) is 0. The zero-order chi connectivity index (χ0) is 15.1. The van der Waals surface area contributed by atoms with Gasteiger partial charge in [-0.25, -0.2) is 0 Å². The topological polar surface area (TPSA) is 27.7 Å². The van der Waals surface area contributed by atoms with E-state index in [1.54, 1.807) is 21.3 Å². The Bertz CT molecular complexity index is 522. The molecule has 0 aliphatic carbocycles. The second kappa shape index (κ2) is 7.43. The van der Waals surface area contributed by atoms with Crippen LogP contribution >= 0.6 is 0 Å². The van der Waals surface area contributed by atoms with E-state index in [9.17, 15) is 0 Å². The second-order valence-electron chi connectivity index (χ2n) is 4.40. The van der Waals surface area contributed by atoms with Gasteiger partial charge < -0.3 is 14.2 Å². The van der Waals surface area contributed by atoms with Crippen molar-refractivity contribution in [2.45, 2.75) is 13.8 Å². The predicted octanol–water partition coefficient (Wildman–Crippen LogP) is 4.06. The Kier molecular flexibility index (Phi) is 5.91. The summed E-state index contributed by atoms with van der Waals surface area (Å²) in [5.74, 6) is 1.95. The summed E-state index contributed by atoms with van der Waals surface area (Å²) >= 11 is 0. The molecular formula is C17H22O3. The van der Waals surface area contributed by atoms with Gasteiger partial charge in [0, 0.05) is 6.08 Å². The molecule has 1 aromatic carbocycles. The van der Waals surface area contributed by atoms with Crippen LogP contribution in [-0.4, -0.2) is 21.3 Å². The molecular weight excluding hydrogens is 252 g/mol. The number of allylic oxidation sites excluding steroid dienone is 3. The molecule has 0 unspecified atom stereocenters. The Hall–Kier alpha value is -2.16.